The van der Waals surface area contributed by atoms with Gasteiger partial charge in [-0.1, -0.05) is 0 Å². The van der Waals surface area contributed by atoms with Crippen molar-refractivity contribution >= 4 is 16.8 Å². The number of Topliss-reactive ketones (excluding diaryl/α,β-unsaturated/α-hetero) is 1. The van der Waals surface area contributed by atoms with Crippen LogP contribution in [-0.2, 0) is 0 Å². The Balaban J connectivity index is 2.59. The first-order valence-corrected chi connectivity index (χ1v) is 5.13. The first kappa shape index (κ1) is 11.7. The standard InChI is InChI=1S/C12H11F2NO2/c1-6(15-2)12(16)7-3-4-9-10(11(7)14)8(13)5-17-9/h3-6,15H,1-2H3/t6-/m1/s1. The van der Waals surface area contributed by atoms with Gasteiger partial charge < -0.3 is 9.73 Å². The molecule has 90 valence electrons. The number of fused-ring (bicyclic) bond motifs is 1. The van der Waals surface area contributed by atoms with Crippen LogP contribution in [0.5, 0.6) is 0 Å². The predicted molar refractivity (Wildman–Crippen MR) is 59.0 cm³/mol. The number of ketones is 1. The maximum atomic E-state index is 14.0. The molecule has 0 amide bonds. The molecular formula is C12H11F2NO2. The minimum absolute atomic E-state index is 0.0914. The second kappa shape index (κ2) is 4.25. The van der Waals surface area contributed by atoms with Gasteiger partial charge in [0.1, 0.15) is 17.7 Å². The topological polar surface area (TPSA) is 42.2 Å². The molecule has 17 heavy (non-hydrogen) atoms. The van der Waals surface area contributed by atoms with Crippen molar-refractivity contribution in [2.24, 2.45) is 0 Å². The van der Waals surface area contributed by atoms with Gasteiger partial charge in [-0.15, -0.1) is 0 Å². The van der Waals surface area contributed by atoms with Crippen LogP contribution in [0.25, 0.3) is 11.0 Å². The molecule has 0 radical (unpaired) electrons. The number of nitrogens with one attached hydrogen (secondary N) is 1. The van der Waals surface area contributed by atoms with Crippen molar-refractivity contribution in [3.05, 3.63) is 35.6 Å². The van der Waals surface area contributed by atoms with E-state index in [-0.39, 0.29) is 16.5 Å². The van der Waals surface area contributed by atoms with E-state index in [9.17, 15) is 13.6 Å². The molecule has 0 unspecified atom stereocenters. The van der Waals surface area contributed by atoms with Crippen LogP contribution in [-0.4, -0.2) is 18.9 Å². The predicted octanol–water partition coefficient (Wildman–Crippen LogP) is 2.50. The van der Waals surface area contributed by atoms with E-state index in [4.69, 9.17) is 4.42 Å². The number of rotatable bonds is 3. The van der Waals surface area contributed by atoms with E-state index in [1.165, 1.54) is 12.1 Å². The Labute approximate surface area is 96.4 Å². The molecule has 0 bridgehead atoms. The van der Waals surface area contributed by atoms with Gasteiger partial charge in [0.2, 0.25) is 0 Å². The highest BCUT2D eigenvalue weighted by atomic mass is 19.1. The zero-order valence-corrected chi connectivity index (χ0v) is 9.38. The van der Waals surface area contributed by atoms with Gasteiger partial charge in [0.15, 0.2) is 11.6 Å². The van der Waals surface area contributed by atoms with Crippen molar-refractivity contribution in [3.63, 3.8) is 0 Å². The van der Waals surface area contributed by atoms with E-state index in [1.54, 1.807) is 14.0 Å². The van der Waals surface area contributed by atoms with Gasteiger partial charge in [-0.2, -0.15) is 0 Å². The molecule has 0 aliphatic rings. The van der Waals surface area contributed by atoms with Gasteiger partial charge >= 0.3 is 0 Å². The molecule has 1 atom stereocenters. The van der Waals surface area contributed by atoms with E-state index in [1.807, 2.05) is 0 Å². The summed E-state index contributed by atoms with van der Waals surface area (Å²) in [7, 11) is 1.59. The number of carbonyl (C=O) groups is 1. The highest BCUT2D eigenvalue weighted by Crippen LogP contribution is 2.26. The average Bonchev–Trinajstić information content (AvgIpc) is 2.70. The highest BCUT2D eigenvalue weighted by Gasteiger charge is 2.21. The van der Waals surface area contributed by atoms with Crippen LogP contribution in [0.3, 0.4) is 0 Å². The third kappa shape index (κ3) is 1.82. The maximum absolute atomic E-state index is 14.0. The Bertz CT molecular complexity index is 577. The van der Waals surface area contributed by atoms with E-state index in [0.717, 1.165) is 6.26 Å². The van der Waals surface area contributed by atoms with E-state index in [2.05, 4.69) is 5.32 Å². The fourth-order valence-corrected chi connectivity index (χ4v) is 1.61. The highest BCUT2D eigenvalue weighted by molar-refractivity contribution is 6.02. The molecule has 0 saturated heterocycles. The van der Waals surface area contributed by atoms with Crippen molar-refractivity contribution in [1.82, 2.24) is 5.32 Å². The van der Waals surface area contributed by atoms with Crippen molar-refractivity contribution in [3.8, 4) is 0 Å². The summed E-state index contributed by atoms with van der Waals surface area (Å²) >= 11 is 0. The lowest BCUT2D eigenvalue weighted by molar-refractivity contribution is 0.0951. The van der Waals surface area contributed by atoms with Crippen molar-refractivity contribution in [2.75, 3.05) is 7.05 Å². The zero-order chi connectivity index (χ0) is 12.6. The maximum Gasteiger partial charge on any atom is 0.182 e. The largest absolute Gasteiger partial charge is 0.461 e. The summed E-state index contributed by atoms with van der Waals surface area (Å²) in [5, 5.41) is 2.43. The van der Waals surface area contributed by atoms with Gasteiger partial charge in [0, 0.05) is 0 Å². The lowest BCUT2D eigenvalue weighted by Crippen LogP contribution is -2.31. The van der Waals surface area contributed by atoms with Crippen LogP contribution in [0.15, 0.2) is 22.8 Å². The molecule has 0 saturated carbocycles. The molecule has 1 N–H and O–H groups in total. The molecule has 1 heterocycles. The van der Waals surface area contributed by atoms with Crippen LogP contribution < -0.4 is 5.32 Å². The van der Waals surface area contributed by atoms with E-state index < -0.39 is 23.5 Å². The summed E-state index contributed by atoms with van der Waals surface area (Å²) in [6.45, 7) is 1.61. The number of furan rings is 1. The Morgan fingerprint density at radius 3 is 2.76 bits per heavy atom. The second-order valence-corrected chi connectivity index (χ2v) is 3.76. The van der Waals surface area contributed by atoms with Crippen LogP contribution in [0, 0.1) is 11.6 Å². The summed E-state index contributed by atoms with van der Waals surface area (Å²) in [5.41, 5.74) is -0.0479. The molecule has 0 fully saturated rings. The van der Waals surface area contributed by atoms with Crippen molar-refractivity contribution in [1.29, 1.82) is 0 Å². The second-order valence-electron chi connectivity index (χ2n) is 3.76. The van der Waals surface area contributed by atoms with Gasteiger partial charge in [-0.05, 0) is 26.1 Å². The molecule has 1 aromatic heterocycles. The van der Waals surface area contributed by atoms with Gasteiger partial charge in [0.25, 0.3) is 0 Å². The molecule has 1 aromatic carbocycles. The molecule has 0 aliphatic carbocycles. The van der Waals surface area contributed by atoms with Crippen molar-refractivity contribution in [2.45, 2.75) is 13.0 Å². The Hall–Kier alpha value is -1.75. The SMILES string of the molecule is CN[C@H](C)C(=O)c1ccc2occ(F)c2c1F. The van der Waals surface area contributed by atoms with Crippen LogP contribution in [0.1, 0.15) is 17.3 Å². The van der Waals surface area contributed by atoms with E-state index >= 15 is 0 Å². The molecule has 0 aliphatic heterocycles. The monoisotopic (exact) mass is 239 g/mol. The summed E-state index contributed by atoms with van der Waals surface area (Å²) in [5.74, 6) is -2.10. The zero-order valence-electron chi connectivity index (χ0n) is 9.38. The molecule has 5 heteroatoms. The fourth-order valence-electron chi connectivity index (χ4n) is 1.61. The normalized spacial score (nSPS) is 12.9. The molecule has 2 aromatic rings. The number of carbonyl (C=O) groups excluding carboxylic acids is 1. The van der Waals surface area contributed by atoms with Gasteiger partial charge in [0.05, 0.1) is 17.0 Å². The Kier molecular flexibility index (Phi) is 2.93. The quantitative estimate of drug-likeness (QED) is 0.837. The lowest BCUT2D eigenvalue weighted by Gasteiger charge is -2.09. The van der Waals surface area contributed by atoms with Crippen LogP contribution in [0.4, 0.5) is 8.78 Å². The smallest absolute Gasteiger partial charge is 0.182 e. The number of hydrogen-bond acceptors (Lipinski definition) is 3. The average molecular weight is 239 g/mol. The van der Waals surface area contributed by atoms with Crippen LogP contribution >= 0.6 is 0 Å². The van der Waals surface area contributed by atoms with Gasteiger partial charge in [-0.25, -0.2) is 8.78 Å². The minimum Gasteiger partial charge on any atom is -0.461 e. The molecular weight excluding hydrogens is 228 g/mol. The molecule has 2 rings (SSSR count). The first-order valence-electron chi connectivity index (χ1n) is 5.13. The fraction of sp³-hybridized carbons (Fsp3) is 0.250. The summed E-state index contributed by atoms with van der Waals surface area (Å²) in [6, 6.07) is 2.16. The number of halogens is 2. The van der Waals surface area contributed by atoms with E-state index in [0.29, 0.717) is 0 Å². The summed E-state index contributed by atoms with van der Waals surface area (Å²) in [4.78, 5) is 11.8. The third-order valence-electron chi connectivity index (χ3n) is 2.72. The Morgan fingerprint density at radius 2 is 2.12 bits per heavy atom. The third-order valence-corrected chi connectivity index (χ3v) is 2.72. The van der Waals surface area contributed by atoms with Crippen LogP contribution in [0.2, 0.25) is 0 Å². The number of likely N-dealkylation sites (N-methyl/N-ethyl adjacent to an activating group) is 1. The summed E-state index contributed by atoms with van der Waals surface area (Å²) < 4.78 is 32.0. The number of hydrogen-bond donors (Lipinski definition) is 1. The van der Waals surface area contributed by atoms with Crippen molar-refractivity contribution < 1.29 is 18.0 Å². The number of benzene rings is 1. The molecule has 0 spiro atoms. The molecule has 3 nitrogen and oxygen atoms in total. The lowest BCUT2D eigenvalue weighted by atomic mass is 10.0. The minimum atomic E-state index is -0.874. The van der Waals surface area contributed by atoms with Gasteiger partial charge in [-0.3, -0.25) is 4.79 Å². The summed E-state index contributed by atoms with van der Waals surface area (Å²) in [6.07, 6.45) is 0.823. The first-order chi connectivity index (χ1) is 8.06. The Morgan fingerprint density at radius 1 is 1.41 bits per heavy atom.